The molecule has 0 saturated carbocycles. The highest BCUT2D eigenvalue weighted by molar-refractivity contribution is 5.78. The lowest BCUT2D eigenvalue weighted by molar-refractivity contribution is -0.133. The van der Waals surface area contributed by atoms with Crippen LogP contribution in [0.1, 0.15) is 11.5 Å². The van der Waals surface area contributed by atoms with Gasteiger partial charge in [-0.05, 0) is 12.1 Å². The molecule has 4 aliphatic heterocycles. The van der Waals surface area contributed by atoms with Crippen LogP contribution < -0.4 is 20.1 Å². The molecule has 1 aromatic carbocycles. The third-order valence-electron chi connectivity index (χ3n) is 6.05. The van der Waals surface area contributed by atoms with Crippen molar-refractivity contribution in [3.63, 3.8) is 0 Å². The number of hydrogen-bond acceptors (Lipinski definition) is 8. The SMILES string of the molecule is COc1ccc2cc1OCC(=O)N(C)CC1CN(C1)CC1CNc3ncnc(c31)N2. The molecule has 9 heteroatoms. The van der Waals surface area contributed by atoms with E-state index in [-0.39, 0.29) is 12.5 Å². The number of fused-ring (bicyclic) bond motifs is 4. The molecule has 9 nitrogen and oxygen atoms in total. The third kappa shape index (κ3) is 3.49. The fourth-order valence-electron chi connectivity index (χ4n) is 4.50. The van der Waals surface area contributed by atoms with Crippen LogP contribution in [0.15, 0.2) is 24.5 Å². The summed E-state index contributed by atoms with van der Waals surface area (Å²) in [5.41, 5.74) is 1.94. The maximum atomic E-state index is 12.5. The van der Waals surface area contributed by atoms with Gasteiger partial charge in [0.1, 0.15) is 18.0 Å². The van der Waals surface area contributed by atoms with E-state index in [2.05, 4.69) is 25.5 Å². The number of methoxy groups -OCH3 is 1. The number of rotatable bonds is 1. The molecule has 2 aromatic rings. The molecule has 5 heterocycles. The zero-order chi connectivity index (χ0) is 20.7. The van der Waals surface area contributed by atoms with Crippen LogP contribution in [-0.4, -0.2) is 79.2 Å². The van der Waals surface area contributed by atoms with Gasteiger partial charge in [-0.2, -0.15) is 0 Å². The first-order valence-corrected chi connectivity index (χ1v) is 10.2. The molecule has 0 spiro atoms. The van der Waals surface area contributed by atoms with Gasteiger partial charge in [0.25, 0.3) is 5.91 Å². The zero-order valence-corrected chi connectivity index (χ0v) is 17.2. The van der Waals surface area contributed by atoms with Crippen molar-refractivity contribution >= 4 is 23.2 Å². The summed E-state index contributed by atoms with van der Waals surface area (Å²) in [5.74, 6) is 3.56. The monoisotopic (exact) mass is 410 g/mol. The minimum absolute atomic E-state index is 0.0261. The van der Waals surface area contributed by atoms with E-state index in [1.54, 1.807) is 18.3 Å². The Hall–Kier alpha value is -3.07. The molecule has 158 valence electrons. The predicted octanol–water partition coefficient (Wildman–Crippen LogP) is 1.52. The Balaban J connectivity index is 1.50. The first-order valence-electron chi connectivity index (χ1n) is 10.2. The summed E-state index contributed by atoms with van der Waals surface area (Å²) in [6.07, 6.45) is 1.57. The van der Waals surface area contributed by atoms with E-state index in [1.807, 2.05) is 25.2 Å². The minimum atomic E-state index is -0.0383. The van der Waals surface area contributed by atoms with Crippen molar-refractivity contribution in [1.29, 1.82) is 0 Å². The van der Waals surface area contributed by atoms with E-state index < -0.39 is 0 Å². The zero-order valence-electron chi connectivity index (χ0n) is 17.2. The Bertz CT molecular complexity index is 962. The van der Waals surface area contributed by atoms with Crippen molar-refractivity contribution in [3.8, 4) is 11.5 Å². The number of nitrogens with zero attached hydrogens (tertiary/aromatic N) is 4. The molecule has 2 N–H and O–H groups in total. The molecule has 1 aromatic heterocycles. The molecule has 1 atom stereocenters. The molecule has 1 unspecified atom stereocenters. The molecule has 6 rings (SSSR count). The molecule has 0 radical (unpaired) electrons. The van der Waals surface area contributed by atoms with Crippen LogP contribution in [-0.2, 0) is 4.79 Å². The number of carbonyl (C=O) groups excluding carboxylic acids is 1. The summed E-state index contributed by atoms with van der Waals surface area (Å²) in [6, 6.07) is 5.58. The van der Waals surface area contributed by atoms with E-state index in [0.717, 1.165) is 55.6 Å². The Morgan fingerprint density at radius 3 is 2.83 bits per heavy atom. The highest BCUT2D eigenvalue weighted by Gasteiger charge is 2.35. The Labute approximate surface area is 175 Å². The van der Waals surface area contributed by atoms with Gasteiger partial charge in [-0.3, -0.25) is 4.79 Å². The third-order valence-corrected chi connectivity index (χ3v) is 6.05. The van der Waals surface area contributed by atoms with E-state index in [9.17, 15) is 4.79 Å². The van der Waals surface area contributed by atoms with Crippen LogP contribution in [0.4, 0.5) is 17.3 Å². The largest absolute Gasteiger partial charge is 0.493 e. The van der Waals surface area contributed by atoms with Crippen LogP contribution in [0.25, 0.3) is 0 Å². The number of benzene rings is 1. The summed E-state index contributed by atoms with van der Waals surface area (Å²) in [6.45, 7) is 4.50. The molecule has 1 fully saturated rings. The highest BCUT2D eigenvalue weighted by Crippen LogP contribution is 2.38. The average molecular weight is 410 g/mol. The summed E-state index contributed by atoms with van der Waals surface area (Å²) >= 11 is 0. The van der Waals surface area contributed by atoms with Gasteiger partial charge in [0.05, 0.1) is 7.11 Å². The number of nitrogens with one attached hydrogen (secondary N) is 2. The average Bonchev–Trinajstić information content (AvgIpc) is 3.13. The smallest absolute Gasteiger partial charge is 0.260 e. The number of hydrogen-bond donors (Lipinski definition) is 2. The molecule has 4 aliphatic rings. The fourth-order valence-corrected chi connectivity index (χ4v) is 4.50. The Kier molecular flexibility index (Phi) is 4.82. The van der Waals surface area contributed by atoms with Gasteiger partial charge in [0.15, 0.2) is 18.1 Å². The second kappa shape index (κ2) is 7.64. The van der Waals surface area contributed by atoms with E-state index in [4.69, 9.17) is 9.47 Å². The van der Waals surface area contributed by atoms with Gasteiger partial charge in [0.2, 0.25) is 0 Å². The van der Waals surface area contributed by atoms with Crippen molar-refractivity contribution in [2.75, 3.05) is 64.1 Å². The number of carbonyl (C=O) groups is 1. The molecule has 4 bridgehead atoms. The molecule has 1 amide bonds. The van der Waals surface area contributed by atoms with Gasteiger partial charge >= 0.3 is 0 Å². The quantitative estimate of drug-likeness (QED) is 0.731. The molecular weight excluding hydrogens is 384 g/mol. The van der Waals surface area contributed by atoms with Crippen LogP contribution >= 0.6 is 0 Å². The topological polar surface area (TPSA) is 91.9 Å². The van der Waals surface area contributed by atoms with Gasteiger partial charge in [-0.15, -0.1) is 0 Å². The van der Waals surface area contributed by atoms with E-state index >= 15 is 0 Å². The second-order valence-corrected chi connectivity index (χ2v) is 8.20. The van der Waals surface area contributed by atoms with Crippen molar-refractivity contribution < 1.29 is 14.3 Å². The lowest BCUT2D eigenvalue weighted by Crippen LogP contribution is -2.53. The number of ether oxygens (including phenoxy) is 2. The summed E-state index contributed by atoms with van der Waals surface area (Å²) < 4.78 is 11.2. The molecule has 0 aliphatic carbocycles. The predicted molar refractivity (Wildman–Crippen MR) is 113 cm³/mol. The lowest BCUT2D eigenvalue weighted by Gasteiger charge is -2.42. The molecule has 1 saturated heterocycles. The molecular formula is C21H26N6O3. The van der Waals surface area contributed by atoms with Crippen LogP contribution in [0.3, 0.4) is 0 Å². The van der Waals surface area contributed by atoms with Crippen LogP contribution in [0.2, 0.25) is 0 Å². The maximum absolute atomic E-state index is 12.5. The van der Waals surface area contributed by atoms with E-state index in [1.165, 1.54) is 0 Å². The van der Waals surface area contributed by atoms with Crippen LogP contribution in [0, 0.1) is 5.92 Å². The maximum Gasteiger partial charge on any atom is 0.260 e. The highest BCUT2D eigenvalue weighted by atomic mass is 16.5. The van der Waals surface area contributed by atoms with E-state index in [0.29, 0.717) is 23.3 Å². The van der Waals surface area contributed by atoms with Crippen LogP contribution in [0.5, 0.6) is 11.5 Å². The van der Waals surface area contributed by atoms with Gasteiger partial charge in [-0.1, -0.05) is 0 Å². The fraction of sp³-hybridized carbons (Fsp3) is 0.476. The number of aromatic nitrogens is 2. The normalized spacial score (nSPS) is 25.3. The van der Waals surface area contributed by atoms with Crippen molar-refractivity contribution in [3.05, 3.63) is 30.1 Å². The summed E-state index contributed by atoms with van der Waals surface area (Å²) in [5, 5.41) is 6.83. The van der Waals surface area contributed by atoms with Gasteiger partial charge in [-0.25, -0.2) is 9.97 Å². The minimum Gasteiger partial charge on any atom is -0.493 e. The number of likely N-dealkylation sites (N-methyl/N-ethyl adjacent to an activating group) is 1. The number of anilines is 3. The van der Waals surface area contributed by atoms with Gasteiger partial charge in [0, 0.05) is 68.9 Å². The Morgan fingerprint density at radius 1 is 1.17 bits per heavy atom. The van der Waals surface area contributed by atoms with Crippen molar-refractivity contribution in [2.45, 2.75) is 5.92 Å². The number of amides is 1. The first kappa shape index (κ1) is 18.9. The standard InChI is InChI=1S/C21H26N6O3/c1-26-7-13-8-27(9-13)10-14-6-22-20-19(14)21(24-12-23-20)25-15-3-4-16(29-2)17(5-15)30-11-18(26)28/h3-5,12-14H,6-11H2,1-2H3,(H2,22,23,24,25). The second-order valence-electron chi connectivity index (χ2n) is 8.20. The van der Waals surface area contributed by atoms with Gasteiger partial charge < -0.3 is 29.9 Å². The Morgan fingerprint density at radius 2 is 2.00 bits per heavy atom. The summed E-state index contributed by atoms with van der Waals surface area (Å²) in [4.78, 5) is 25.7. The summed E-state index contributed by atoms with van der Waals surface area (Å²) in [7, 11) is 3.43. The lowest BCUT2D eigenvalue weighted by atomic mass is 9.95. The van der Waals surface area contributed by atoms with Crippen molar-refractivity contribution in [2.24, 2.45) is 5.92 Å². The first-order chi connectivity index (χ1) is 14.6. The molecule has 30 heavy (non-hydrogen) atoms. The van der Waals surface area contributed by atoms with Crippen molar-refractivity contribution in [1.82, 2.24) is 19.8 Å².